The van der Waals surface area contributed by atoms with Gasteiger partial charge in [0.2, 0.25) is 0 Å². The number of nitrogens with zero attached hydrogens (tertiary/aromatic N) is 1. The molecular weight excluding hydrogens is 346 g/mol. The van der Waals surface area contributed by atoms with Crippen molar-refractivity contribution < 1.29 is 18.7 Å². The number of hydrogen-bond donors (Lipinski definition) is 0. The van der Waals surface area contributed by atoms with Gasteiger partial charge in [-0.05, 0) is 48.6 Å². The van der Waals surface area contributed by atoms with Crippen LogP contribution in [0, 0.1) is 6.92 Å². The summed E-state index contributed by atoms with van der Waals surface area (Å²) in [6.45, 7) is 10.0. The number of benzene rings is 1. The van der Waals surface area contributed by atoms with E-state index >= 15 is 0 Å². The molecule has 148 valence electrons. The second kappa shape index (κ2) is 9.67. The first-order valence-electron chi connectivity index (χ1n) is 9.29. The van der Waals surface area contributed by atoms with Crippen molar-refractivity contribution in [2.45, 2.75) is 40.2 Å². The van der Waals surface area contributed by atoms with Crippen molar-refractivity contribution in [1.82, 2.24) is 4.90 Å². The third kappa shape index (κ3) is 5.65. The molecule has 0 aliphatic carbocycles. The molecule has 0 amide bonds. The Kier molecular flexibility index (Phi) is 7.56. The standard InChI is InChI=1S/C21H29NO5/c1-6-26-21(24)13-22(7-8-25-5)12-16-10-20(23)27-19-9-15(4)17(14(2)3)11-18(16)19/h9-11,14H,6-8,12-13H2,1-5H3. The fraction of sp³-hybridized carbons (Fsp3) is 0.524. The molecule has 2 rings (SSSR count). The first-order chi connectivity index (χ1) is 12.8. The molecule has 6 nitrogen and oxygen atoms in total. The van der Waals surface area contributed by atoms with Crippen LogP contribution in [-0.2, 0) is 20.8 Å². The Bertz CT molecular complexity index is 840. The van der Waals surface area contributed by atoms with Gasteiger partial charge in [-0.1, -0.05) is 13.8 Å². The largest absolute Gasteiger partial charge is 0.465 e. The molecular formula is C21H29NO5. The van der Waals surface area contributed by atoms with Crippen molar-refractivity contribution in [3.63, 3.8) is 0 Å². The van der Waals surface area contributed by atoms with Crippen LogP contribution in [0.25, 0.3) is 11.0 Å². The summed E-state index contributed by atoms with van der Waals surface area (Å²) in [7, 11) is 1.62. The molecule has 1 heterocycles. The summed E-state index contributed by atoms with van der Waals surface area (Å²) in [6, 6.07) is 5.51. The lowest BCUT2D eigenvalue weighted by molar-refractivity contribution is -0.144. The van der Waals surface area contributed by atoms with E-state index in [1.165, 1.54) is 11.6 Å². The lowest BCUT2D eigenvalue weighted by atomic mass is 9.95. The highest BCUT2D eigenvalue weighted by molar-refractivity contribution is 5.82. The molecule has 6 heteroatoms. The van der Waals surface area contributed by atoms with Crippen LogP contribution in [0.4, 0.5) is 0 Å². The molecule has 0 bridgehead atoms. The van der Waals surface area contributed by atoms with Crippen molar-refractivity contribution in [3.05, 3.63) is 45.3 Å². The number of carbonyl (C=O) groups is 1. The van der Waals surface area contributed by atoms with Crippen LogP contribution in [0.3, 0.4) is 0 Å². The van der Waals surface area contributed by atoms with Gasteiger partial charge >= 0.3 is 11.6 Å². The summed E-state index contributed by atoms with van der Waals surface area (Å²) in [5.41, 5.74) is 3.33. The van der Waals surface area contributed by atoms with Gasteiger partial charge in [-0.25, -0.2) is 4.79 Å². The highest BCUT2D eigenvalue weighted by Gasteiger charge is 2.16. The Labute approximate surface area is 160 Å². The van der Waals surface area contributed by atoms with E-state index in [9.17, 15) is 9.59 Å². The Hall–Kier alpha value is -2.18. The van der Waals surface area contributed by atoms with Crippen molar-refractivity contribution in [2.75, 3.05) is 33.4 Å². The van der Waals surface area contributed by atoms with Gasteiger partial charge in [-0.2, -0.15) is 0 Å². The fourth-order valence-electron chi connectivity index (χ4n) is 3.21. The van der Waals surface area contributed by atoms with Gasteiger partial charge in [0.05, 0.1) is 19.8 Å². The van der Waals surface area contributed by atoms with Crippen LogP contribution in [0.15, 0.2) is 27.4 Å². The van der Waals surface area contributed by atoms with E-state index in [1.807, 2.05) is 17.9 Å². The number of fused-ring (bicyclic) bond motifs is 1. The van der Waals surface area contributed by atoms with E-state index < -0.39 is 5.63 Å². The SMILES string of the molecule is CCOC(=O)CN(CCOC)Cc1cc(=O)oc2cc(C)c(C(C)C)cc12. The quantitative estimate of drug-likeness (QED) is 0.495. The van der Waals surface area contributed by atoms with E-state index in [0.29, 0.717) is 37.8 Å². The molecule has 0 unspecified atom stereocenters. The molecule has 0 aliphatic rings. The van der Waals surface area contributed by atoms with Gasteiger partial charge in [0.25, 0.3) is 0 Å². The van der Waals surface area contributed by atoms with Gasteiger partial charge in [0.15, 0.2) is 0 Å². The minimum Gasteiger partial charge on any atom is -0.465 e. The average Bonchev–Trinajstić information content (AvgIpc) is 2.58. The van der Waals surface area contributed by atoms with E-state index in [1.54, 1.807) is 14.0 Å². The third-order valence-corrected chi connectivity index (χ3v) is 4.50. The predicted octanol–water partition coefficient (Wildman–Crippen LogP) is 3.24. The summed E-state index contributed by atoms with van der Waals surface area (Å²) in [6.07, 6.45) is 0. The zero-order chi connectivity index (χ0) is 20.0. The maximum Gasteiger partial charge on any atom is 0.336 e. The monoisotopic (exact) mass is 375 g/mol. The Morgan fingerprint density at radius 1 is 1.26 bits per heavy atom. The first-order valence-corrected chi connectivity index (χ1v) is 9.29. The first kappa shape index (κ1) is 21.1. The number of esters is 1. The van der Waals surface area contributed by atoms with Gasteiger partial charge < -0.3 is 13.9 Å². The van der Waals surface area contributed by atoms with Crippen LogP contribution in [0.5, 0.6) is 0 Å². The smallest absolute Gasteiger partial charge is 0.336 e. The molecule has 1 aromatic carbocycles. The molecule has 0 aliphatic heterocycles. The Morgan fingerprint density at radius 2 is 2.00 bits per heavy atom. The minimum absolute atomic E-state index is 0.141. The summed E-state index contributed by atoms with van der Waals surface area (Å²) in [5.74, 6) is 0.0675. The molecule has 0 saturated heterocycles. The minimum atomic E-state index is -0.392. The Balaban J connectivity index is 2.42. The average molecular weight is 375 g/mol. The molecule has 0 fully saturated rings. The van der Waals surface area contributed by atoms with Crippen molar-refractivity contribution >= 4 is 16.9 Å². The molecule has 0 radical (unpaired) electrons. The van der Waals surface area contributed by atoms with Crippen molar-refractivity contribution in [3.8, 4) is 0 Å². The second-order valence-corrected chi connectivity index (χ2v) is 6.96. The number of rotatable bonds is 9. The summed E-state index contributed by atoms with van der Waals surface area (Å²) < 4.78 is 15.6. The molecule has 0 saturated carbocycles. The number of hydrogen-bond acceptors (Lipinski definition) is 6. The van der Waals surface area contributed by atoms with E-state index in [0.717, 1.165) is 16.5 Å². The molecule has 2 aromatic rings. The molecule has 1 aromatic heterocycles. The zero-order valence-corrected chi connectivity index (χ0v) is 16.8. The number of aryl methyl sites for hydroxylation is 1. The summed E-state index contributed by atoms with van der Waals surface area (Å²) in [4.78, 5) is 25.9. The maximum absolute atomic E-state index is 12.1. The van der Waals surface area contributed by atoms with Gasteiger partial charge in [-0.15, -0.1) is 0 Å². The highest BCUT2D eigenvalue weighted by atomic mass is 16.5. The zero-order valence-electron chi connectivity index (χ0n) is 16.8. The van der Waals surface area contributed by atoms with Crippen molar-refractivity contribution in [2.24, 2.45) is 0 Å². The lowest BCUT2D eigenvalue weighted by Crippen LogP contribution is -2.33. The van der Waals surface area contributed by atoms with Gasteiger partial charge in [0, 0.05) is 31.7 Å². The number of ether oxygens (including phenoxy) is 2. The number of carbonyl (C=O) groups excluding carboxylic acids is 1. The highest BCUT2D eigenvalue weighted by Crippen LogP contribution is 2.27. The number of methoxy groups -OCH3 is 1. The lowest BCUT2D eigenvalue weighted by Gasteiger charge is -2.22. The normalized spacial score (nSPS) is 11.5. The van der Waals surface area contributed by atoms with E-state index in [-0.39, 0.29) is 12.5 Å². The molecule has 0 atom stereocenters. The van der Waals surface area contributed by atoms with Crippen LogP contribution in [-0.4, -0.2) is 44.3 Å². The van der Waals surface area contributed by atoms with Crippen LogP contribution in [0.2, 0.25) is 0 Å². The van der Waals surface area contributed by atoms with Gasteiger partial charge in [0.1, 0.15) is 5.58 Å². The van der Waals surface area contributed by atoms with E-state index in [2.05, 4.69) is 19.9 Å². The second-order valence-electron chi connectivity index (χ2n) is 6.96. The van der Waals surface area contributed by atoms with Crippen molar-refractivity contribution in [1.29, 1.82) is 0 Å². The Morgan fingerprint density at radius 3 is 2.63 bits per heavy atom. The fourth-order valence-corrected chi connectivity index (χ4v) is 3.21. The third-order valence-electron chi connectivity index (χ3n) is 4.50. The van der Waals surface area contributed by atoms with Gasteiger partial charge in [-0.3, -0.25) is 9.69 Å². The molecule has 0 N–H and O–H groups in total. The van der Waals surface area contributed by atoms with Crippen LogP contribution in [0.1, 0.15) is 43.4 Å². The topological polar surface area (TPSA) is 69.0 Å². The summed E-state index contributed by atoms with van der Waals surface area (Å²) in [5, 5.41) is 0.898. The molecule has 27 heavy (non-hydrogen) atoms. The summed E-state index contributed by atoms with van der Waals surface area (Å²) >= 11 is 0. The predicted molar refractivity (Wildman–Crippen MR) is 105 cm³/mol. The van der Waals surface area contributed by atoms with Crippen LogP contribution < -0.4 is 5.63 Å². The maximum atomic E-state index is 12.1. The van der Waals surface area contributed by atoms with Crippen LogP contribution >= 0.6 is 0 Å². The molecule has 0 spiro atoms. The van der Waals surface area contributed by atoms with E-state index in [4.69, 9.17) is 13.9 Å².